The van der Waals surface area contributed by atoms with Crippen LogP contribution in [-0.4, -0.2) is 26.5 Å². The lowest BCUT2D eigenvalue weighted by molar-refractivity contribution is 0.597. The zero-order chi connectivity index (χ0) is 13.9. The van der Waals surface area contributed by atoms with Crippen molar-refractivity contribution in [1.29, 1.82) is 0 Å². The van der Waals surface area contributed by atoms with Crippen molar-refractivity contribution < 1.29 is 8.42 Å². The standard InChI is InChI=1S/C13H19N3O2S/c1-2-15-6-5-11-8-16-13-4-3-10(7-12(11)13)9-19(14,17)18/h3-4,7-8,15-16H,2,5-6,9H2,1H3,(H2,14,17,18). The fourth-order valence-corrected chi connectivity index (χ4v) is 2.80. The Hall–Kier alpha value is -1.37. The molecule has 19 heavy (non-hydrogen) atoms. The minimum Gasteiger partial charge on any atom is -0.361 e. The number of hydrogen-bond acceptors (Lipinski definition) is 3. The summed E-state index contributed by atoms with van der Waals surface area (Å²) in [5.74, 6) is -0.124. The monoisotopic (exact) mass is 281 g/mol. The van der Waals surface area contributed by atoms with Gasteiger partial charge in [-0.2, -0.15) is 0 Å². The molecule has 2 rings (SSSR count). The summed E-state index contributed by atoms with van der Waals surface area (Å²) in [5, 5.41) is 9.42. The van der Waals surface area contributed by atoms with Crippen LogP contribution in [0.15, 0.2) is 24.4 Å². The molecule has 1 aromatic carbocycles. The Morgan fingerprint density at radius 2 is 2.16 bits per heavy atom. The van der Waals surface area contributed by atoms with Crippen molar-refractivity contribution in [3.63, 3.8) is 0 Å². The van der Waals surface area contributed by atoms with E-state index in [2.05, 4.69) is 17.2 Å². The first-order chi connectivity index (χ1) is 8.99. The molecule has 0 amide bonds. The number of sulfonamides is 1. The highest BCUT2D eigenvalue weighted by Gasteiger charge is 2.08. The summed E-state index contributed by atoms with van der Waals surface area (Å²) in [6.07, 6.45) is 2.88. The van der Waals surface area contributed by atoms with Gasteiger partial charge in [0.2, 0.25) is 10.0 Å². The van der Waals surface area contributed by atoms with Crippen LogP contribution in [-0.2, 0) is 22.2 Å². The normalized spacial score (nSPS) is 12.1. The SMILES string of the molecule is CCNCCc1c[nH]c2ccc(CS(N)(=O)=O)cc12. The van der Waals surface area contributed by atoms with Gasteiger partial charge in [-0.25, -0.2) is 13.6 Å². The summed E-state index contributed by atoms with van der Waals surface area (Å²) in [6.45, 7) is 3.92. The van der Waals surface area contributed by atoms with Gasteiger partial charge in [0.05, 0.1) is 5.75 Å². The molecule has 0 aliphatic rings. The maximum absolute atomic E-state index is 11.1. The van der Waals surface area contributed by atoms with Crippen LogP contribution >= 0.6 is 0 Å². The number of H-pyrrole nitrogens is 1. The lowest BCUT2D eigenvalue weighted by Gasteiger charge is -2.03. The predicted octanol–water partition coefficient (Wildman–Crippen LogP) is 1.11. The molecule has 4 N–H and O–H groups in total. The topological polar surface area (TPSA) is 88.0 Å². The predicted molar refractivity (Wildman–Crippen MR) is 77.4 cm³/mol. The molecule has 1 aromatic heterocycles. The number of likely N-dealkylation sites (N-methyl/N-ethyl adjacent to an activating group) is 1. The first-order valence-corrected chi connectivity index (χ1v) is 8.01. The van der Waals surface area contributed by atoms with E-state index < -0.39 is 10.0 Å². The summed E-state index contributed by atoms with van der Waals surface area (Å²) in [4.78, 5) is 3.20. The van der Waals surface area contributed by atoms with Crippen LogP contribution in [0.3, 0.4) is 0 Å². The van der Waals surface area contributed by atoms with Gasteiger partial charge in [0.1, 0.15) is 0 Å². The first-order valence-electron chi connectivity index (χ1n) is 6.29. The van der Waals surface area contributed by atoms with Crippen LogP contribution in [0, 0.1) is 0 Å². The number of aromatic amines is 1. The van der Waals surface area contributed by atoms with E-state index in [9.17, 15) is 8.42 Å². The number of aromatic nitrogens is 1. The number of nitrogens with one attached hydrogen (secondary N) is 2. The second-order valence-corrected chi connectivity index (χ2v) is 6.22. The van der Waals surface area contributed by atoms with Crippen molar-refractivity contribution in [2.75, 3.05) is 13.1 Å². The van der Waals surface area contributed by atoms with E-state index in [1.54, 1.807) is 6.07 Å². The average Bonchev–Trinajstić information content (AvgIpc) is 2.70. The van der Waals surface area contributed by atoms with Crippen LogP contribution in [0.1, 0.15) is 18.1 Å². The molecule has 0 atom stereocenters. The molecule has 0 fully saturated rings. The maximum Gasteiger partial charge on any atom is 0.213 e. The number of primary sulfonamides is 1. The fourth-order valence-electron chi connectivity index (χ4n) is 2.15. The van der Waals surface area contributed by atoms with Gasteiger partial charge < -0.3 is 10.3 Å². The maximum atomic E-state index is 11.1. The van der Waals surface area contributed by atoms with Crippen molar-refractivity contribution in [2.24, 2.45) is 5.14 Å². The Kier molecular flexibility index (Phi) is 4.24. The highest BCUT2D eigenvalue weighted by Crippen LogP contribution is 2.21. The number of hydrogen-bond donors (Lipinski definition) is 3. The number of rotatable bonds is 6. The molecule has 1 heterocycles. The van der Waals surface area contributed by atoms with E-state index in [1.807, 2.05) is 18.3 Å². The zero-order valence-electron chi connectivity index (χ0n) is 10.9. The molecule has 0 saturated heterocycles. The van der Waals surface area contributed by atoms with Gasteiger partial charge in [-0.05, 0) is 42.8 Å². The molecule has 0 radical (unpaired) electrons. The highest BCUT2D eigenvalue weighted by atomic mass is 32.2. The van der Waals surface area contributed by atoms with Gasteiger partial charge in [0, 0.05) is 17.1 Å². The minimum absolute atomic E-state index is 0.124. The summed E-state index contributed by atoms with van der Waals surface area (Å²) in [7, 11) is -3.49. The Bertz CT molecular complexity index is 662. The van der Waals surface area contributed by atoms with Gasteiger partial charge >= 0.3 is 0 Å². The van der Waals surface area contributed by atoms with E-state index in [4.69, 9.17) is 5.14 Å². The summed E-state index contributed by atoms with van der Waals surface area (Å²) in [6, 6.07) is 5.58. The zero-order valence-corrected chi connectivity index (χ0v) is 11.8. The third-order valence-electron chi connectivity index (χ3n) is 3.02. The van der Waals surface area contributed by atoms with Crippen LogP contribution in [0.5, 0.6) is 0 Å². The molecular weight excluding hydrogens is 262 g/mol. The molecule has 0 aliphatic heterocycles. The number of benzene rings is 1. The fraction of sp³-hybridized carbons (Fsp3) is 0.385. The molecule has 5 nitrogen and oxygen atoms in total. The average molecular weight is 281 g/mol. The summed E-state index contributed by atoms with van der Waals surface area (Å²) < 4.78 is 22.3. The first kappa shape index (κ1) is 14.0. The van der Waals surface area contributed by atoms with E-state index in [-0.39, 0.29) is 5.75 Å². The molecular formula is C13H19N3O2S. The van der Waals surface area contributed by atoms with Gasteiger partial charge in [-0.1, -0.05) is 13.0 Å². The molecule has 6 heteroatoms. The van der Waals surface area contributed by atoms with Gasteiger partial charge in [0.25, 0.3) is 0 Å². The van der Waals surface area contributed by atoms with Gasteiger partial charge in [0.15, 0.2) is 0 Å². The van der Waals surface area contributed by atoms with E-state index >= 15 is 0 Å². The third-order valence-corrected chi connectivity index (χ3v) is 3.76. The third kappa shape index (κ3) is 3.79. The largest absolute Gasteiger partial charge is 0.361 e. The summed E-state index contributed by atoms with van der Waals surface area (Å²) in [5.41, 5.74) is 2.93. The van der Waals surface area contributed by atoms with Crippen LogP contribution < -0.4 is 10.5 Å². The Morgan fingerprint density at radius 1 is 1.37 bits per heavy atom. The van der Waals surface area contributed by atoms with Crippen molar-refractivity contribution in [3.8, 4) is 0 Å². The van der Waals surface area contributed by atoms with Crippen LogP contribution in [0.2, 0.25) is 0 Å². The molecule has 0 saturated carbocycles. The lowest BCUT2D eigenvalue weighted by atomic mass is 10.1. The Morgan fingerprint density at radius 3 is 2.84 bits per heavy atom. The van der Waals surface area contributed by atoms with Crippen molar-refractivity contribution in [2.45, 2.75) is 19.1 Å². The molecule has 0 spiro atoms. The number of fused-ring (bicyclic) bond motifs is 1. The number of nitrogens with two attached hydrogens (primary N) is 1. The smallest absolute Gasteiger partial charge is 0.213 e. The molecule has 2 aromatic rings. The molecule has 0 bridgehead atoms. The molecule has 0 aliphatic carbocycles. The minimum atomic E-state index is -3.49. The highest BCUT2D eigenvalue weighted by molar-refractivity contribution is 7.88. The van der Waals surface area contributed by atoms with E-state index in [0.29, 0.717) is 0 Å². The summed E-state index contributed by atoms with van der Waals surface area (Å²) >= 11 is 0. The Labute approximate surface area is 113 Å². The second kappa shape index (κ2) is 5.73. The molecule has 0 unspecified atom stereocenters. The van der Waals surface area contributed by atoms with E-state index in [0.717, 1.165) is 36.0 Å². The van der Waals surface area contributed by atoms with Crippen molar-refractivity contribution >= 4 is 20.9 Å². The quantitative estimate of drug-likeness (QED) is 0.693. The van der Waals surface area contributed by atoms with Crippen LogP contribution in [0.4, 0.5) is 0 Å². The molecule has 104 valence electrons. The van der Waals surface area contributed by atoms with Crippen molar-refractivity contribution in [1.82, 2.24) is 10.3 Å². The lowest BCUT2D eigenvalue weighted by Crippen LogP contribution is -2.16. The van der Waals surface area contributed by atoms with Crippen molar-refractivity contribution in [3.05, 3.63) is 35.5 Å². The van der Waals surface area contributed by atoms with E-state index in [1.165, 1.54) is 5.56 Å². The second-order valence-electron chi connectivity index (χ2n) is 4.60. The van der Waals surface area contributed by atoms with Crippen LogP contribution in [0.25, 0.3) is 10.9 Å². The van der Waals surface area contributed by atoms with Gasteiger partial charge in [-0.3, -0.25) is 0 Å². The Balaban J connectivity index is 2.26. The van der Waals surface area contributed by atoms with Gasteiger partial charge in [-0.15, -0.1) is 0 Å².